The fourth-order valence-electron chi connectivity index (χ4n) is 5.33. The number of carbonyl (C=O) groups excluding carboxylic acids is 2. The Kier molecular flexibility index (Phi) is 9.31. The number of carbonyl (C=O) groups is 2. The summed E-state index contributed by atoms with van der Waals surface area (Å²) in [5.74, 6) is -0.608. The van der Waals surface area contributed by atoms with Crippen LogP contribution >= 0.6 is 0 Å². The van der Waals surface area contributed by atoms with E-state index in [1.54, 1.807) is 19.1 Å². The molecule has 0 radical (unpaired) electrons. The van der Waals surface area contributed by atoms with E-state index in [0.717, 1.165) is 27.8 Å². The zero-order valence-corrected chi connectivity index (χ0v) is 24.1. The zero-order valence-electron chi connectivity index (χ0n) is 23.3. The van der Waals surface area contributed by atoms with Crippen molar-refractivity contribution in [1.29, 1.82) is 0 Å². The summed E-state index contributed by atoms with van der Waals surface area (Å²) in [6.45, 7) is 13.2. The lowest BCUT2D eigenvalue weighted by atomic mass is 9.76. The molecule has 1 atom stereocenters. The van der Waals surface area contributed by atoms with E-state index < -0.39 is 10.1 Å². The number of oxime groups is 1. The Morgan fingerprint density at radius 3 is 2.26 bits per heavy atom. The monoisotopic (exact) mass is 539 g/mol. The van der Waals surface area contributed by atoms with Gasteiger partial charge in [-0.25, -0.2) is 0 Å². The number of benzene rings is 2. The molecule has 0 saturated carbocycles. The predicted molar refractivity (Wildman–Crippen MR) is 148 cm³/mol. The molecule has 0 aliphatic heterocycles. The summed E-state index contributed by atoms with van der Waals surface area (Å²) in [6.07, 6.45) is 1.43. The van der Waals surface area contributed by atoms with Crippen molar-refractivity contribution in [1.82, 2.24) is 0 Å². The first-order valence-corrected chi connectivity index (χ1v) is 14.4. The topological polar surface area (TPSA) is 99.1 Å². The zero-order chi connectivity index (χ0) is 28.2. The lowest BCUT2D eigenvalue weighted by Gasteiger charge is -2.29. The maximum Gasteiger partial charge on any atom is 0.338 e. The first-order chi connectivity index (χ1) is 17.9. The van der Waals surface area contributed by atoms with Crippen molar-refractivity contribution >= 4 is 27.4 Å². The van der Waals surface area contributed by atoms with Gasteiger partial charge in [-0.3, -0.25) is 9.59 Å². The third-order valence-electron chi connectivity index (χ3n) is 6.81. The van der Waals surface area contributed by atoms with Crippen LogP contribution in [0.25, 0.3) is 0 Å². The molecule has 0 bridgehead atoms. The van der Waals surface area contributed by atoms with Gasteiger partial charge in [0.15, 0.2) is 11.6 Å². The van der Waals surface area contributed by atoms with E-state index >= 15 is 0 Å². The van der Waals surface area contributed by atoms with E-state index in [0.29, 0.717) is 30.7 Å². The van der Waals surface area contributed by atoms with Crippen LogP contribution in [0.1, 0.15) is 90.5 Å². The standard InChI is InChI=1S/C30H37NO6S/c1-8-10-25(31-36-9-2)30-26(33)16-23(29-20(5)15-19(4)28(21(29)6)22(7)32)17-27(30)37-38(34,35)24-13-11-18(3)12-14-24/h11-15,23H,8-10,16-17H2,1-7H3. The lowest BCUT2D eigenvalue weighted by molar-refractivity contribution is -0.116. The molecule has 0 saturated heterocycles. The number of hydrogen-bond acceptors (Lipinski definition) is 7. The van der Waals surface area contributed by atoms with E-state index in [-0.39, 0.29) is 46.6 Å². The van der Waals surface area contributed by atoms with Gasteiger partial charge in [0.25, 0.3) is 0 Å². The Labute approximate surface area is 226 Å². The fourth-order valence-corrected chi connectivity index (χ4v) is 6.31. The van der Waals surface area contributed by atoms with Gasteiger partial charge >= 0.3 is 10.1 Å². The highest BCUT2D eigenvalue weighted by molar-refractivity contribution is 7.86. The number of allylic oxidation sites excluding steroid dienone is 2. The van der Waals surface area contributed by atoms with Gasteiger partial charge in [-0.1, -0.05) is 42.3 Å². The Morgan fingerprint density at radius 1 is 1.03 bits per heavy atom. The van der Waals surface area contributed by atoms with Crippen molar-refractivity contribution in [3.8, 4) is 0 Å². The van der Waals surface area contributed by atoms with Gasteiger partial charge in [0, 0.05) is 18.4 Å². The van der Waals surface area contributed by atoms with Gasteiger partial charge in [0.1, 0.15) is 17.3 Å². The number of rotatable bonds is 10. The number of hydrogen-bond donors (Lipinski definition) is 0. The first kappa shape index (κ1) is 29.3. The van der Waals surface area contributed by atoms with Crippen molar-refractivity contribution < 1.29 is 27.0 Å². The van der Waals surface area contributed by atoms with Gasteiger partial charge in [-0.15, -0.1) is 0 Å². The highest BCUT2D eigenvalue weighted by Gasteiger charge is 2.36. The minimum atomic E-state index is -4.22. The SMILES string of the molecule is CCCC(=NOCC)C1=C(OS(=O)(=O)c2ccc(C)cc2)CC(c2c(C)cc(C)c(C(C)=O)c2C)CC1=O. The minimum absolute atomic E-state index is 0.00451. The summed E-state index contributed by atoms with van der Waals surface area (Å²) in [5, 5.41) is 4.17. The van der Waals surface area contributed by atoms with Crippen molar-refractivity contribution in [2.75, 3.05) is 6.61 Å². The maximum absolute atomic E-state index is 13.7. The summed E-state index contributed by atoms with van der Waals surface area (Å²) in [5.41, 5.74) is 5.61. The molecular formula is C30H37NO6S. The fraction of sp³-hybridized carbons (Fsp3) is 0.433. The van der Waals surface area contributed by atoms with Crippen LogP contribution in [0.15, 0.2) is 51.7 Å². The summed E-state index contributed by atoms with van der Waals surface area (Å²) >= 11 is 0. The van der Waals surface area contributed by atoms with Crippen molar-refractivity contribution in [2.24, 2.45) is 5.16 Å². The summed E-state index contributed by atoms with van der Waals surface area (Å²) in [4.78, 5) is 31.4. The molecule has 0 fully saturated rings. The van der Waals surface area contributed by atoms with Crippen LogP contribution in [0.3, 0.4) is 0 Å². The minimum Gasteiger partial charge on any atom is -0.396 e. The quantitative estimate of drug-likeness (QED) is 0.149. The second-order valence-corrected chi connectivity index (χ2v) is 11.4. The van der Waals surface area contributed by atoms with Gasteiger partial charge in [-0.2, -0.15) is 8.42 Å². The normalized spacial score (nSPS) is 16.6. The molecule has 8 heteroatoms. The van der Waals surface area contributed by atoms with Crippen LogP contribution in [0.4, 0.5) is 0 Å². The first-order valence-electron chi connectivity index (χ1n) is 13.0. The smallest absolute Gasteiger partial charge is 0.338 e. The molecule has 204 valence electrons. The molecule has 0 aromatic heterocycles. The Balaban J connectivity index is 2.19. The molecule has 2 aromatic rings. The molecule has 7 nitrogen and oxygen atoms in total. The van der Waals surface area contributed by atoms with Gasteiger partial charge < -0.3 is 9.02 Å². The van der Waals surface area contributed by atoms with E-state index in [1.807, 2.05) is 40.7 Å². The number of nitrogens with zero attached hydrogens (tertiary/aromatic N) is 1. The van der Waals surface area contributed by atoms with Crippen molar-refractivity contribution in [2.45, 2.75) is 85.0 Å². The highest BCUT2D eigenvalue weighted by Crippen LogP contribution is 2.41. The Morgan fingerprint density at radius 2 is 1.68 bits per heavy atom. The van der Waals surface area contributed by atoms with Crippen LogP contribution in [0, 0.1) is 27.7 Å². The highest BCUT2D eigenvalue weighted by atomic mass is 32.2. The van der Waals surface area contributed by atoms with Crippen molar-refractivity contribution in [3.63, 3.8) is 0 Å². The lowest BCUT2D eigenvalue weighted by Crippen LogP contribution is -2.27. The molecule has 0 heterocycles. The van der Waals surface area contributed by atoms with Crippen LogP contribution in [0.5, 0.6) is 0 Å². The van der Waals surface area contributed by atoms with Crippen LogP contribution in [-0.4, -0.2) is 32.3 Å². The average Bonchev–Trinajstić information content (AvgIpc) is 2.81. The van der Waals surface area contributed by atoms with Gasteiger partial charge in [-0.05, 0) is 88.3 Å². The third kappa shape index (κ3) is 6.23. The van der Waals surface area contributed by atoms with E-state index in [2.05, 4.69) is 5.16 Å². The second-order valence-electron chi connectivity index (χ2n) is 9.86. The number of aryl methyl sites for hydroxylation is 3. The third-order valence-corrected chi connectivity index (χ3v) is 8.08. The molecule has 1 aliphatic carbocycles. The van der Waals surface area contributed by atoms with Gasteiger partial charge in [0.05, 0.1) is 11.3 Å². The summed E-state index contributed by atoms with van der Waals surface area (Å²) in [7, 11) is -4.22. The molecule has 2 aromatic carbocycles. The Bertz CT molecular complexity index is 1400. The molecule has 0 amide bonds. The molecule has 3 rings (SSSR count). The second kappa shape index (κ2) is 12.1. The van der Waals surface area contributed by atoms with Crippen LogP contribution in [0.2, 0.25) is 0 Å². The van der Waals surface area contributed by atoms with E-state index in [4.69, 9.17) is 9.02 Å². The summed E-state index contributed by atoms with van der Waals surface area (Å²) < 4.78 is 32.4. The molecule has 0 spiro atoms. The average molecular weight is 540 g/mol. The van der Waals surface area contributed by atoms with E-state index in [1.165, 1.54) is 19.1 Å². The summed E-state index contributed by atoms with van der Waals surface area (Å²) in [6, 6.07) is 8.32. The molecule has 38 heavy (non-hydrogen) atoms. The van der Waals surface area contributed by atoms with Crippen LogP contribution in [-0.2, 0) is 23.9 Å². The molecule has 0 N–H and O–H groups in total. The largest absolute Gasteiger partial charge is 0.396 e. The maximum atomic E-state index is 13.7. The molecule has 1 unspecified atom stereocenters. The predicted octanol–water partition coefficient (Wildman–Crippen LogP) is 6.42. The Hall–Kier alpha value is -3.26. The molecular weight excluding hydrogens is 502 g/mol. The van der Waals surface area contributed by atoms with Crippen LogP contribution < -0.4 is 0 Å². The molecule has 1 aliphatic rings. The number of ketones is 2. The number of Topliss-reactive ketones (excluding diaryl/α,β-unsaturated/α-hetero) is 2. The van der Waals surface area contributed by atoms with E-state index in [9.17, 15) is 18.0 Å². The van der Waals surface area contributed by atoms with Crippen molar-refractivity contribution in [3.05, 3.63) is 75.0 Å². The van der Waals surface area contributed by atoms with Gasteiger partial charge in [0.2, 0.25) is 0 Å².